The lowest BCUT2D eigenvalue weighted by atomic mass is 10.4. The van der Waals surface area contributed by atoms with E-state index in [4.69, 9.17) is 11.6 Å². The second-order valence-corrected chi connectivity index (χ2v) is 1.69. The molecule has 0 radical (unpaired) electrons. The first-order chi connectivity index (χ1) is 3.72. The normalized spacial score (nSPS) is 11.0. The molecule has 0 saturated heterocycles. The number of halogens is 1. The van der Waals surface area contributed by atoms with E-state index in [0.717, 1.165) is 0 Å². The molecule has 8 heavy (non-hydrogen) atoms. The van der Waals surface area contributed by atoms with Gasteiger partial charge < -0.3 is 0 Å². The molecular weight excluding hydrogens is 122 g/mol. The summed E-state index contributed by atoms with van der Waals surface area (Å²) >= 11 is 5.45. The molecule has 0 spiro atoms. The average molecular weight is 130 g/mol. The van der Waals surface area contributed by atoms with Crippen LogP contribution in [0.3, 0.4) is 0 Å². The summed E-state index contributed by atoms with van der Waals surface area (Å²) in [4.78, 5) is 3.59. The Balaban J connectivity index is 4.13. The predicted octanol–water partition coefficient (Wildman–Crippen LogP) is 2.34. The lowest BCUT2D eigenvalue weighted by Gasteiger charge is -1.91. The SMILES string of the molecule is C=N/C(=C\C)C(=C)Cl. The van der Waals surface area contributed by atoms with Crippen molar-refractivity contribution in [3.8, 4) is 0 Å². The van der Waals surface area contributed by atoms with Gasteiger partial charge in [-0.1, -0.05) is 24.3 Å². The third-order valence-electron chi connectivity index (χ3n) is 0.722. The number of nitrogens with zero attached hydrogens (tertiary/aromatic N) is 1. The molecule has 0 aliphatic rings. The molecule has 0 aromatic carbocycles. The van der Waals surface area contributed by atoms with Crippen LogP contribution < -0.4 is 0 Å². The molecule has 0 fully saturated rings. The highest BCUT2D eigenvalue weighted by atomic mass is 35.5. The Labute approximate surface area is 54.4 Å². The second kappa shape index (κ2) is 3.44. The first-order valence-electron chi connectivity index (χ1n) is 2.20. The number of hydrogen-bond donors (Lipinski definition) is 0. The zero-order chi connectivity index (χ0) is 6.57. The first kappa shape index (κ1) is 7.44. The molecule has 0 aliphatic heterocycles. The summed E-state index contributed by atoms with van der Waals surface area (Å²) < 4.78 is 0. The lowest BCUT2D eigenvalue weighted by molar-refractivity contribution is 1.39. The van der Waals surface area contributed by atoms with Crippen LogP contribution in [0.5, 0.6) is 0 Å². The number of aliphatic imine (C=N–C) groups is 1. The van der Waals surface area contributed by atoms with Crippen molar-refractivity contribution in [1.82, 2.24) is 0 Å². The largest absolute Gasteiger partial charge is 0.263 e. The summed E-state index contributed by atoms with van der Waals surface area (Å²) in [6.07, 6.45) is 1.75. The van der Waals surface area contributed by atoms with Crippen molar-refractivity contribution in [2.75, 3.05) is 0 Å². The highest BCUT2D eigenvalue weighted by Crippen LogP contribution is 2.11. The number of rotatable bonds is 2. The molecule has 0 unspecified atom stereocenters. The maximum Gasteiger partial charge on any atom is 0.0759 e. The molecule has 0 rings (SSSR count). The average Bonchev–Trinajstić information content (AvgIpc) is 1.69. The van der Waals surface area contributed by atoms with Gasteiger partial charge in [-0.2, -0.15) is 0 Å². The Hall–Kier alpha value is -0.560. The van der Waals surface area contributed by atoms with E-state index < -0.39 is 0 Å². The van der Waals surface area contributed by atoms with E-state index >= 15 is 0 Å². The summed E-state index contributed by atoms with van der Waals surface area (Å²) in [6.45, 7) is 8.58. The highest BCUT2D eigenvalue weighted by Gasteiger charge is 1.89. The van der Waals surface area contributed by atoms with Crippen molar-refractivity contribution in [1.29, 1.82) is 0 Å². The molecule has 0 saturated carbocycles. The first-order valence-corrected chi connectivity index (χ1v) is 2.58. The van der Waals surface area contributed by atoms with Gasteiger partial charge in [-0.25, -0.2) is 0 Å². The minimum Gasteiger partial charge on any atom is -0.263 e. The molecule has 0 bridgehead atoms. The van der Waals surface area contributed by atoms with Crippen LogP contribution in [0.25, 0.3) is 0 Å². The van der Waals surface area contributed by atoms with E-state index in [0.29, 0.717) is 10.7 Å². The van der Waals surface area contributed by atoms with Crippen LogP contribution in [0.1, 0.15) is 6.92 Å². The van der Waals surface area contributed by atoms with Gasteiger partial charge in [0.05, 0.1) is 10.7 Å². The van der Waals surface area contributed by atoms with Gasteiger partial charge in [0.15, 0.2) is 0 Å². The monoisotopic (exact) mass is 129 g/mol. The smallest absolute Gasteiger partial charge is 0.0759 e. The Bertz CT molecular complexity index is 135. The predicted molar refractivity (Wildman–Crippen MR) is 38.3 cm³/mol. The fraction of sp³-hybridized carbons (Fsp3) is 0.167. The van der Waals surface area contributed by atoms with Gasteiger partial charge in [0.1, 0.15) is 0 Å². The molecule has 0 aliphatic carbocycles. The van der Waals surface area contributed by atoms with Crippen LogP contribution in [-0.2, 0) is 0 Å². The van der Waals surface area contributed by atoms with Crippen LogP contribution in [0.15, 0.2) is 28.4 Å². The van der Waals surface area contributed by atoms with Crippen LogP contribution in [0.2, 0.25) is 0 Å². The van der Waals surface area contributed by atoms with Gasteiger partial charge in [0.25, 0.3) is 0 Å². The molecule has 0 N–H and O–H groups in total. The maximum absolute atomic E-state index is 5.45. The van der Waals surface area contributed by atoms with E-state index in [-0.39, 0.29) is 0 Å². The van der Waals surface area contributed by atoms with Crippen LogP contribution in [0, 0.1) is 0 Å². The molecule has 0 heterocycles. The third-order valence-corrected chi connectivity index (χ3v) is 0.915. The van der Waals surface area contributed by atoms with E-state index in [1.54, 1.807) is 6.08 Å². The molecular formula is C6H8ClN. The number of allylic oxidation sites excluding steroid dienone is 2. The standard InChI is InChI=1S/C6H8ClN/c1-4-6(8-3)5(2)7/h4H,2-3H2,1H3/b6-4-. The minimum atomic E-state index is 0.433. The summed E-state index contributed by atoms with van der Waals surface area (Å²) in [7, 11) is 0. The van der Waals surface area contributed by atoms with Crippen molar-refractivity contribution in [3.63, 3.8) is 0 Å². The molecule has 1 nitrogen and oxygen atoms in total. The van der Waals surface area contributed by atoms with Gasteiger partial charge in [0, 0.05) is 0 Å². The third kappa shape index (κ3) is 1.94. The van der Waals surface area contributed by atoms with Crippen LogP contribution in [0.4, 0.5) is 0 Å². The Morgan fingerprint density at radius 2 is 2.25 bits per heavy atom. The lowest BCUT2D eigenvalue weighted by Crippen LogP contribution is -1.71. The summed E-state index contributed by atoms with van der Waals surface area (Å²) in [6, 6.07) is 0. The topological polar surface area (TPSA) is 12.4 Å². The van der Waals surface area contributed by atoms with E-state index in [1.807, 2.05) is 6.92 Å². The minimum absolute atomic E-state index is 0.433. The Morgan fingerprint density at radius 1 is 1.75 bits per heavy atom. The van der Waals surface area contributed by atoms with Crippen molar-refractivity contribution in [2.45, 2.75) is 6.92 Å². The van der Waals surface area contributed by atoms with Gasteiger partial charge >= 0.3 is 0 Å². The van der Waals surface area contributed by atoms with Crippen molar-refractivity contribution >= 4 is 18.3 Å². The summed E-state index contributed by atoms with van der Waals surface area (Å²) in [5.74, 6) is 0. The fourth-order valence-corrected chi connectivity index (χ4v) is 0.503. The van der Waals surface area contributed by atoms with Gasteiger partial charge in [-0.3, -0.25) is 4.99 Å². The zero-order valence-corrected chi connectivity index (χ0v) is 5.57. The molecule has 2 heteroatoms. The van der Waals surface area contributed by atoms with Crippen molar-refractivity contribution < 1.29 is 0 Å². The molecule has 44 valence electrons. The molecule has 0 amide bonds. The quantitative estimate of drug-likeness (QED) is 0.401. The van der Waals surface area contributed by atoms with E-state index in [2.05, 4.69) is 18.3 Å². The highest BCUT2D eigenvalue weighted by molar-refractivity contribution is 6.31. The van der Waals surface area contributed by atoms with Gasteiger partial charge in [-0.15, -0.1) is 0 Å². The summed E-state index contributed by atoms with van der Waals surface area (Å²) in [5.41, 5.74) is 0.645. The van der Waals surface area contributed by atoms with E-state index in [9.17, 15) is 0 Å². The maximum atomic E-state index is 5.45. The summed E-state index contributed by atoms with van der Waals surface area (Å²) in [5, 5.41) is 0.433. The van der Waals surface area contributed by atoms with Crippen LogP contribution in [-0.4, -0.2) is 6.72 Å². The van der Waals surface area contributed by atoms with Crippen molar-refractivity contribution in [3.05, 3.63) is 23.4 Å². The Kier molecular flexibility index (Phi) is 3.20. The molecule has 0 atom stereocenters. The second-order valence-electron chi connectivity index (χ2n) is 1.24. The van der Waals surface area contributed by atoms with Crippen molar-refractivity contribution in [2.24, 2.45) is 4.99 Å². The van der Waals surface area contributed by atoms with Crippen LogP contribution >= 0.6 is 11.6 Å². The zero-order valence-electron chi connectivity index (χ0n) is 4.82. The fourth-order valence-electron chi connectivity index (χ4n) is 0.334. The van der Waals surface area contributed by atoms with E-state index in [1.165, 1.54) is 0 Å². The Morgan fingerprint density at radius 3 is 2.25 bits per heavy atom. The van der Waals surface area contributed by atoms with Gasteiger partial charge in [-0.05, 0) is 13.6 Å². The van der Waals surface area contributed by atoms with Gasteiger partial charge in [0.2, 0.25) is 0 Å². The molecule has 0 aromatic rings. The molecule has 0 aromatic heterocycles. The number of hydrogen-bond acceptors (Lipinski definition) is 1.